The van der Waals surface area contributed by atoms with E-state index in [9.17, 15) is 20.0 Å². The van der Waals surface area contributed by atoms with Crippen LogP contribution >= 0.6 is 11.8 Å². The molecule has 0 saturated carbocycles. The summed E-state index contributed by atoms with van der Waals surface area (Å²) in [5, 5.41) is 28.7. The number of methoxy groups -OCH3 is 2. The van der Waals surface area contributed by atoms with Crippen LogP contribution in [0.2, 0.25) is 0 Å². The molecule has 38 heavy (non-hydrogen) atoms. The molecule has 1 aromatic heterocycles. The van der Waals surface area contributed by atoms with E-state index in [-0.39, 0.29) is 28.3 Å². The molecule has 0 amide bonds. The number of nitro groups is 1. The molecule has 4 rings (SSSR count). The third kappa shape index (κ3) is 6.48. The Hall–Kier alpha value is -4.84. The molecule has 11 nitrogen and oxygen atoms in total. The summed E-state index contributed by atoms with van der Waals surface area (Å²) in [6.45, 7) is 0.134. The van der Waals surface area contributed by atoms with Crippen LogP contribution in [-0.2, 0) is 11.4 Å². The zero-order chi connectivity index (χ0) is 27.1. The number of carboxylic acid groups (broad SMARTS) is 1. The largest absolute Gasteiger partial charge is 0.497 e. The van der Waals surface area contributed by atoms with Gasteiger partial charge >= 0.3 is 5.97 Å². The van der Waals surface area contributed by atoms with Gasteiger partial charge in [-0.15, -0.1) is 10.2 Å². The minimum atomic E-state index is -1.19. The highest BCUT2D eigenvalue weighted by Gasteiger charge is 2.18. The van der Waals surface area contributed by atoms with E-state index in [1.807, 2.05) is 0 Å². The van der Waals surface area contributed by atoms with Crippen molar-refractivity contribution in [1.29, 1.82) is 0 Å². The first-order valence-corrected chi connectivity index (χ1v) is 11.8. The van der Waals surface area contributed by atoms with Crippen molar-refractivity contribution in [3.05, 3.63) is 92.9 Å². The number of aromatic nitrogens is 2. The maximum absolute atomic E-state index is 12.0. The van der Waals surface area contributed by atoms with Crippen molar-refractivity contribution in [1.82, 2.24) is 10.2 Å². The average molecular weight is 536 g/mol. The first kappa shape index (κ1) is 26.2. The molecule has 0 aliphatic rings. The molecule has 0 fully saturated rings. The molecule has 194 valence electrons. The maximum atomic E-state index is 12.0. The number of nitro benzene ring substituents is 1. The highest BCUT2D eigenvalue weighted by Crippen LogP contribution is 2.34. The number of hydrogen-bond acceptors (Lipinski definition) is 10. The van der Waals surface area contributed by atoms with E-state index < -0.39 is 10.9 Å². The Labute approximate surface area is 220 Å². The molecule has 0 unspecified atom stereocenters. The second-order valence-corrected chi connectivity index (χ2v) is 8.63. The van der Waals surface area contributed by atoms with Gasteiger partial charge in [0.2, 0.25) is 5.89 Å². The van der Waals surface area contributed by atoms with Crippen LogP contribution < -0.4 is 14.2 Å². The van der Waals surface area contributed by atoms with Crippen LogP contribution in [0.3, 0.4) is 0 Å². The Morgan fingerprint density at radius 2 is 1.74 bits per heavy atom. The molecular formula is C26H21N3O8S. The third-order valence-electron chi connectivity index (χ3n) is 5.16. The van der Waals surface area contributed by atoms with Crippen LogP contribution in [-0.4, -0.2) is 40.4 Å². The van der Waals surface area contributed by atoms with E-state index in [2.05, 4.69) is 10.2 Å². The van der Waals surface area contributed by atoms with Gasteiger partial charge in [0.05, 0.1) is 19.1 Å². The number of benzene rings is 3. The molecule has 4 aromatic rings. The number of para-hydroxylation sites is 1. The molecule has 0 bridgehead atoms. The summed E-state index contributed by atoms with van der Waals surface area (Å²) >= 11 is 0.794. The fraction of sp³-hybridized carbons (Fsp3) is 0.115. The van der Waals surface area contributed by atoms with Gasteiger partial charge in [0.1, 0.15) is 28.8 Å². The second-order valence-electron chi connectivity index (χ2n) is 7.64. The Balaban J connectivity index is 1.53. The minimum Gasteiger partial charge on any atom is -0.497 e. The van der Waals surface area contributed by atoms with Crippen LogP contribution in [0, 0.1) is 10.1 Å². The summed E-state index contributed by atoms with van der Waals surface area (Å²) in [5.74, 6) is 0.468. The van der Waals surface area contributed by atoms with Gasteiger partial charge < -0.3 is 23.7 Å². The van der Waals surface area contributed by atoms with E-state index >= 15 is 0 Å². The first-order chi connectivity index (χ1) is 18.4. The van der Waals surface area contributed by atoms with E-state index in [1.165, 1.54) is 32.4 Å². The molecule has 1 N–H and O–H groups in total. The van der Waals surface area contributed by atoms with Gasteiger partial charge in [-0.2, -0.15) is 0 Å². The molecular weight excluding hydrogens is 514 g/mol. The van der Waals surface area contributed by atoms with Crippen LogP contribution in [0.25, 0.3) is 17.5 Å². The number of nitrogens with zero attached hydrogens (tertiary/aromatic N) is 3. The quantitative estimate of drug-likeness (QED) is 0.113. The molecule has 0 saturated heterocycles. The van der Waals surface area contributed by atoms with Gasteiger partial charge in [0, 0.05) is 29.3 Å². The first-order valence-electron chi connectivity index (χ1n) is 11.0. The molecule has 0 radical (unpaired) electrons. The maximum Gasteiger partial charge on any atom is 0.342 e. The van der Waals surface area contributed by atoms with Crippen molar-refractivity contribution in [2.75, 3.05) is 14.2 Å². The number of carbonyl (C=O) groups is 1. The van der Waals surface area contributed by atoms with Crippen molar-refractivity contribution in [3.63, 3.8) is 0 Å². The van der Waals surface area contributed by atoms with Crippen LogP contribution in [0.15, 0.2) is 81.3 Å². The Morgan fingerprint density at radius 1 is 1.05 bits per heavy atom. The van der Waals surface area contributed by atoms with Crippen molar-refractivity contribution < 1.29 is 33.5 Å². The number of rotatable bonds is 11. The zero-order valence-electron chi connectivity index (χ0n) is 20.2. The van der Waals surface area contributed by atoms with Crippen molar-refractivity contribution in [2.45, 2.75) is 11.8 Å². The molecule has 3 aromatic carbocycles. The van der Waals surface area contributed by atoms with E-state index in [4.69, 9.17) is 18.6 Å². The summed E-state index contributed by atoms with van der Waals surface area (Å²) in [4.78, 5) is 22.3. The molecule has 0 aliphatic heterocycles. The zero-order valence-corrected chi connectivity index (χ0v) is 21.0. The van der Waals surface area contributed by atoms with Crippen LogP contribution in [0.5, 0.6) is 17.2 Å². The fourth-order valence-electron chi connectivity index (χ4n) is 3.27. The second kappa shape index (κ2) is 11.9. The summed E-state index contributed by atoms with van der Waals surface area (Å²) in [6.07, 6.45) is 1.44. The van der Waals surface area contributed by atoms with Gasteiger partial charge in [0.25, 0.3) is 10.9 Å². The molecule has 12 heteroatoms. The van der Waals surface area contributed by atoms with Gasteiger partial charge in [-0.3, -0.25) is 10.1 Å². The molecule has 0 aliphatic carbocycles. The normalized spacial score (nSPS) is 11.2. The van der Waals surface area contributed by atoms with Crippen molar-refractivity contribution in [3.8, 4) is 28.7 Å². The van der Waals surface area contributed by atoms with Gasteiger partial charge in [0.15, 0.2) is 0 Å². The lowest BCUT2D eigenvalue weighted by Gasteiger charge is -2.10. The standard InChI is InChI=1S/C26H21N3O8S/c1-34-20-11-18(12-21(14-20)35-2)24-27-28-26(37-24)38-23(25(30)31)13-17-5-3-4-6-22(17)36-15-16-7-9-19(10-8-16)29(32)33/h3-14H,15H2,1-2H3,(H,30,31)/b23-13-. The van der Waals surface area contributed by atoms with E-state index in [1.54, 1.807) is 54.6 Å². The van der Waals surface area contributed by atoms with Gasteiger partial charge in [-0.25, -0.2) is 4.79 Å². The summed E-state index contributed by atoms with van der Waals surface area (Å²) in [5.41, 5.74) is 1.76. The lowest BCUT2D eigenvalue weighted by atomic mass is 10.2. The Morgan fingerprint density at radius 3 is 2.37 bits per heavy atom. The van der Waals surface area contributed by atoms with Gasteiger partial charge in [-0.05, 0) is 53.7 Å². The molecule has 1 heterocycles. The minimum absolute atomic E-state index is 0.0186. The topological polar surface area (TPSA) is 147 Å². The molecule has 0 spiro atoms. The van der Waals surface area contributed by atoms with Crippen molar-refractivity contribution >= 4 is 29.5 Å². The fourth-order valence-corrected chi connectivity index (χ4v) is 3.94. The van der Waals surface area contributed by atoms with E-state index in [0.717, 1.165) is 17.3 Å². The van der Waals surface area contributed by atoms with Crippen LogP contribution in [0.1, 0.15) is 11.1 Å². The number of non-ortho nitro benzene ring substituents is 1. The number of aliphatic carboxylic acids is 1. The number of hydrogen-bond donors (Lipinski definition) is 1. The van der Waals surface area contributed by atoms with E-state index in [0.29, 0.717) is 28.4 Å². The summed E-state index contributed by atoms with van der Waals surface area (Å²) in [7, 11) is 3.04. The predicted octanol–water partition coefficient (Wildman–Crippen LogP) is 5.46. The Bertz CT molecular complexity index is 1460. The molecule has 0 atom stereocenters. The predicted molar refractivity (Wildman–Crippen MR) is 138 cm³/mol. The number of thioether (sulfide) groups is 1. The monoisotopic (exact) mass is 535 g/mol. The number of ether oxygens (including phenoxy) is 3. The van der Waals surface area contributed by atoms with Crippen LogP contribution in [0.4, 0.5) is 5.69 Å². The smallest absolute Gasteiger partial charge is 0.342 e. The average Bonchev–Trinajstić information content (AvgIpc) is 3.40. The van der Waals surface area contributed by atoms with Gasteiger partial charge in [-0.1, -0.05) is 18.2 Å². The highest BCUT2D eigenvalue weighted by molar-refractivity contribution is 8.03. The SMILES string of the molecule is COc1cc(OC)cc(-c2nnc(S/C(=C\c3ccccc3OCc3ccc([N+](=O)[O-])cc3)C(=O)O)o2)c1. The van der Waals surface area contributed by atoms with Crippen molar-refractivity contribution in [2.24, 2.45) is 0 Å². The lowest BCUT2D eigenvalue weighted by Crippen LogP contribution is -1.99. The lowest BCUT2D eigenvalue weighted by molar-refractivity contribution is -0.384. The Kier molecular flexibility index (Phi) is 8.23. The highest BCUT2D eigenvalue weighted by atomic mass is 32.2. The number of carboxylic acids is 1. The summed E-state index contributed by atoms with van der Waals surface area (Å²) in [6, 6.07) is 18.0. The summed E-state index contributed by atoms with van der Waals surface area (Å²) < 4.78 is 22.1. The third-order valence-corrected chi connectivity index (χ3v) is 6.01.